The summed E-state index contributed by atoms with van der Waals surface area (Å²) in [7, 11) is 0. The maximum atomic E-state index is 10.2. The van der Waals surface area contributed by atoms with Crippen LogP contribution < -0.4 is 0 Å². The fourth-order valence-electron chi connectivity index (χ4n) is 2.03. The molecule has 2 aromatic rings. The van der Waals surface area contributed by atoms with E-state index >= 15 is 0 Å². The molecule has 0 aliphatic rings. The maximum Gasteiger partial charge on any atom is 0.0847 e. The Balaban J connectivity index is 2.89. The Hall–Kier alpha value is -1.41. The standard InChI is InChI=1S/C14H17NO/c1-9-6-5-7-11-12(14(3,4)16)8-10(2)15-13(9)11/h5-8,16H,1-4H3. The number of nitrogens with zero attached hydrogens (tertiary/aromatic N) is 1. The number of hydrogen-bond acceptors (Lipinski definition) is 2. The van der Waals surface area contributed by atoms with Crippen LogP contribution in [-0.2, 0) is 5.60 Å². The minimum Gasteiger partial charge on any atom is -0.386 e. The smallest absolute Gasteiger partial charge is 0.0847 e. The number of para-hydroxylation sites is 1. The number of aromatic nitrogens is 1. The highest BCUT2D eigenvalue weighted by atomic mass is 16.3. The molecule has 2 nitrogen and oxygen atoms in total. The third-order valence-electron chi connectivity index (χ3n) is 2.83. The van der Waals surface area contributed by atoms with E-state index in [0.29, 0.717) is 0 Å². The lowest BCUT2D eigenvalue weighted by molar-refractivity contribution is 0.0801. The van der Waals surface area contributed by atoms with Crippen molar-refractivity contribution in [3.05, 3.63) is 41.1 Å². The molecule has 0 saturated carbocycles. The molecule has 0 atom stereocenters. The van der Waals surface area contributed by atoms with Gasteiger partial charge in [0.1, 0.15) is 0 Å². The maximum absolute atomic E-state index is 10.2. The van der Waals surface area contributed by atoms with Gasteiger partial charge in [0.15, 0.2) is 0 Å². The summed E-state index contributed by atoms with van der Waals surface area (Å²) < 4.78 is 0. The number of rotatable bonds is 1. The third kappa shape index (κ3) is 1.81. The first kappa shape index (κ1) is 11.1. The van der Waals surface area contributed by atoms with Gasteiger partial charge < -0.3 is 5.11 Å². The Morgan fingerprint density at radius 1 is 1.19 bits per heavy atom. The van der Waals surface area contributed by atoms with E-state index in [4.69, 9.17) is 0 Å². The summed E-state index contributed by atoms with van der Waals surface area (Å²) in [5.41, 5.74) is 3.18. The average molecular weight is 215 g/mol. The van der Waals surface area contributed by atoms with Gasteiger partial charge in [0.25, 0.3) is 0 Å². The molecule has 2 heteroatoms. The van der Waals surface area contributed by atoms with E-state index in [-0.39, 0.29) is 0 Å². The van der Waals surface area contributed by atoms with Gasteiger partial charge in [-0.15, -0.1) is 0 Å². The second-order valence-corrected chi connectivity index (χ2v) is 4.84. The van der Waals surface area contributed by atoms with E-state index in [0.717, 1.165) is 27.7 Å². The summed E-state index contributed by atoms with van der Waals surface area (Å²) in [6.07, 6.45) is 0. The Morgan fingerprint density at radius 2 is 1.88 bits per heavy atom. The minimum atomic E-state index is -0.834. The zero-order valence-electron chi connectivity index (χ0n) is 10.2. The van der Waals surface area contributed by atoms with Gasteiger partial charge in [0.05, 0.1) is 11.1 Å². The number of benzene rings is 1. The van der Waals surface area contributed by atoms with Gasteiger partial charge in [-0.1, -0.05) is 18.2 Å². The van der Waals surface area contributed by atoms with Gasteiger partial charge in [0.2, 0.25) is 0 Å². The Morgan fingerprint density at radius 3 is 2.50 bits per heavy atom. The average Bonchev–Trinajstić information content (AvgIpc) is 2.17. The van der Waals surface area contributed by atoms with Gasteiger partial charge in [-0.05, 0) is 44.9 Å². The van der Waals surface area contributed by atoms with E-state index < -0.39 is 5.60 Å². The highest BCUT2D eigenvalue weighted by Crippen LogP contribution is 2.29. The van der Waals surface area contributed by atoms with Gasteiger partial charge in [-0.3, -0.25) is 4.98 Å². The Kier molecular flexibility index (Phi) is 2.47. The fourth-order valence-corrected chi connectivity index (χ4v) is 2.03. The molecular formula is C14H17NO. The summed E-state index contributed by atoms with van der Waals surface area (Å²) >= 11 is 0. The first-order valence-electron chi connectivity index (χ1n) is 5.49. The topological polar surface area (TPSA) is 33.1 Å². The zero-order chi connectivity index (χ0) is 11.9. The van der Waals surface area contributed by atoms with E-state index in [1.54, 1.807) is 0 Å². The highest BCUT2D eigenvalue weighted by molar-refractivity contribution is 5.85. The normalized spacial score (nSPS) is 12.1. The number of fused-ring (bicyclic) bond motifs is 1. The van der Waals surface area contributed by atoms with Crippen molar-refractivity contribution >= 4 is 10.9 Å². The van der Waals surface area contributed by atoms with Crippen molar-refractivity contribution in [2.75, 3.05) is 0 Å². The summed E-state index contributed by atoms with van der Waals surface area (Å²) in [6.45, 7) is 7.62. The third-order valence-corrected chi connectivity index (χ3v) is 2.83. The molecule has 84 valence electrons. The van der Waals surface area contributed by atoms with Crippen molar-refractivity contribution in [2.24, 2.45) is 0 Å². The number of aryl methyl sites for hydroxylation is 2. The lowest BCUT2D eigenvalue weighted by atomic mass is 9.93. The highest BCUT2D eigenvalue weighted by Gasteiger charge is 2.20. The van der Waals surface area contributed by atoms with E-state index in [2.05, 4.69) is 4.98 Å². The van der Waals surface area contributed by atoms with Crippen LogP contribution in [0, 0.1) is 13.8 Å². The number of hydrogen-bond donors (Lipinski definition) is 1. The van der Waals surface area contributed by atoms with Crippen molar-refractivity contribution in [3.63, 3.8) is 0 Å². The van der Waals surface area contributed by atoms with E-state index in [1.165, 1.54) is 0 Å². The summed E-state index contributed by atoms with van der Waals surface area (Å²) in [6, 6.07) is 8.02. The first-order valence-corrected chi connectivity index (χ1v) is 5.49. The molecule has 2 rings (SSSR count). The first-order chi connectivity index (χ1) is 7.39. The van der Waals surface area contributed by atoms with Crippen LogP contribution in [-0.4, -0.2) is 10.1 Å². The number of pyridine rings is 1. The Bertz CT molecular complexity index is 538. The van der Waals surface area contributed by atoms with Crippen LogP contribution in [0.3, 0.4) is 0 Å². The van der Waals surface area contributed by atoms with Gasteiger partial charge in [-0.25, -0.2) is 0 Å². The molecule has 0 amide bonds. The van der Waals surface area contributed by atoms with Crippen molar-refractivity contribution in [1.29, 1.82) is 0 Å². The van der Waals surface area contributed by atoms with Gasteiger partial charge in [0, 0.05) is 11.1 Å². The fraction of sp³-hybridized carbons (Fsp3) is 0.357. The van der Waals surface area contributed by atoms with Gasteiger partial charge in [-0.2, -0.15) is 0 Å². The van der Waals surface area contributed by atoms with Crippen molar-refractivity contribution in [2.45, 2.75) is 33.3 Å². The monoisotopic (exact) mass is 215 g/mol. The zero-order valence-corrected chi connectivity index (χ0v) is 10.2. The molecule has 0 radical (unpaired) electrons. The van der Waals surface area contributed by atoms with Crippen LogP contribution in [0.1, 0.15) is 30.7 Å². The van der Waals surface area contributed by atoms with E-state index in [9.17, 15) is 5.11 Å². The van der Waals surface area contributed by atoms with Crippen molar-refractivity contribution in [1.82, 2.24) is 4.98 Å². The molecule has 1 aromatic carbocycles. The summed E-state index contributed by atoms with van der Waals surface area (Å²) in [4.78, 5) is 4.54. The van der Waals surface area contributed by atoms with Crippen LogP contribution in [0.5, 0.6) is 0 Å². The summed E-state index contributed by atoms with van der Waals surface area (Å²) in [5, 5.41) is 11.2. The predicted octanol–water partition coefficient (Wildman–Crippen LogP) is 3.08. The second kappa shape index (κ2) is 3.56. The molecule has 0 spiro atoms. The lowest BCUT2D eigenvalue weighted by Gasteiger charge is -2.21. The molecule has 0 saturated heterocycles. The van der Waals surface area contributed by atoms with Crippen LogP contribution in [0.4, 0.5) is 0 Å². The minimum absolute atomic E-state index is 0.834. The molecule has 0 bridgehead atoms. The van der Waals surface area contributed by atoms with Crippen LogP contribution >= 0.6 is 0 Å². The van der Waals surface area contributed by atoms with Crippen LogP contribution in [0.2, 0.25) is 0 Å². The molecule has 1 N–H and O–H groups in total. The predicted molar refractivity (Wildman–Crippen MR) is 66.5 cm³/mol. The van der Waals surface area contributed by atoms with Gasteiger partial charge >= 0.3 is 0 Å². The Labute approximate surface area is 96.0 Å². The lowest BCUT2D eigenvalue weighted by Crippen LogP contribution is -2.16. The molecule has 0 aliphatic heterocycles. The van der Waals surface area contributed by atoms with Crippen molar-refractivity contribution in [3.8, 4) is 0 Å². The molecular weight excluding hydrogens is 198 g/mol. The van der Waals surface area contributed by atoms with Crippen molar-refractivity contribution < 1.29 is 5.11 Å². The number of aliphatic hydroxyl groups is 1. The molecule has 1 aromatic heterocycles. The van der Waals surface area contributed by atoms with Crippen LogP contribution in [0.25, 0.3) is 10.9 Å². The quantitative estimate of drug-likeness (QED) is 0.793. The second-order valence-electron chi connectivity index (χ2n) is 4.84. The molecule has 1 heterocycles. The SMILES string of the molecule is Cc1cc(C(C)(C)O)c2cccc(C)c2n1. The summed E-state index contributed by atoms with van der Waals surface area (Å²) in [5.74, 6) is 0. The van der Waals surface area contributed by atoms with E-state index in [1.807, 2.05) is 52.0 Å². The largest absolute Gasteiger partial charge is 0.386 e. The molecule has 0 aliphatic carbocycles. The van der Waals surface area contributed by atoms with Crippen LogP contribution in [0.15, 0.2) is 24.3 Å². The molecule has 16 heavy (non-hydrogen) atoms. The molecule has 0 fully saturated rings. The molecule has 0 unspecified atom stereocenters.